The Balaban J connectivity index is 1.90. The lowest BCUT2D eigenvalue weighted by atomic mass is 9.86. The first-order chi connectivity index (χ1) is 11.4. The van der Waals surface area contributed by atoms with Crippen molar-refractivity contribution >= 4 is 16.9 Å². The summed E-state index contributed by atoms with van der Waals surface area (Å²) >= 11 is 0. The molecule has 1 aromatic heterocycles. The highest BCUT2D eigenvalue weighted by atomic mass is 16.6. The normalized spacial score (nSPS) is 22.0. The standard InChI is InChI=1S/C17H23N3O4/c1-4-5-6-7-14(21)18-15-10-8-11-12(20-24-19-11)9-13(10)23-17(2,3)16(15)22/h8-9,15-16,22H,4-7H2,1-3H3,(H,18,21). The van der Waals surface area contributed by atoms with Crippen molar-refractivity contribution < 1.29 is 19.3 Å². The zero-order chi connectivity index (χ0) is 17.3. The van der Waals surface area contributed by atoms with E-state index < -0.39 is 17.7 Å². The van der Waals surface area contributed by atoms with Crippen molar-refractivity contribution in [3.63, 3.8) is 0 Å². The molecule has 1 amide bonds. The fourth-order valence-corrected chi connectivity index (χ4v) is 3.01. The van der Waals surface area contributed by atoms with Gasteiger partial charge in [-0.3, -0.25) is 4.79 Å². The Hall–Kier alpha value is -2.15. The smallest absolute Gasteiger partial charge is 0.220 e. The fourth-order valence-electron chi connectivity index (χ4n) is 3.01. The summed E-state index contributed by atoms with van der Waals surface area (Å²) in [5.41, 5.74) is 0.997. The molecule has 3 rings (SSSR count). The number of hydrogen-bond acceptors (Lipinski definition) is 6. The van der Waals surface area contributed by atoms with Crippen LogP contribution in [0.5, 0.6) is 5.75 Å². The van der Waals surface area contributed by atoms with E-state index in [1.807, 2.05) is 0 Å². The second-order valence-corrected chi connectivity index (χ2v) is 6.80. The summed E-state index contributed by atoms with van der Waals surface area (Å²) in [5, 5.41) is 21.3. The highest BCUT2D eigenvalue weighted by Crippen LogP contribution is 2.41. The number of carbonyl (C=O) groups is 1. The van der Waals surface area contributed by atoms with Crippen molar-refractivity contribution in [3.8, 4) is 5.75 Å². The number of aliphatic hydroxyl groups is 1. The zero-order valence-corrected chi connectivity index (χ0v) is 14.2. The number of nitrogens with one attached hydrogen (secondary N) is 1. The number of aliphatic hydroxyl groups excluding tert-OH is 1. The van der Waals surface area contributed by atoms with Gasteiger partial charge in [0.15, 0.2) is 0 Å². The predicted molar refractivity (Wildman–Crippen MR) is 87.5 cm³/mol. The fraction of sp³-hybridized carbons (Fsp3) is 0.588. The van der Waals surface area contributed by atoms with Gasteiger partial charge in [-0.05, 0) is 36.6 Å². The Morgan fingerprint density at radius 3 is 2.71 bits per heavy atom. The number of unbranched alkanes of at least 4 members (excludes halogenated alkanes) is 2. The minimum atomic E-state index is -0.877. The topological polar surface area (TPSA) is 97.5 Å². The maximum Gasteiger partial charge on any atom is 0.220 e. The molecule has 0 saturated heterocycles. The molecule has 2 heterocycles. The van der Waals surface area contributed by atoms with Crippen molar-refractivity contribution in [2.75, 3.05) is 0 Å². The van der Waals surface area contributed by atoms with Gasteiger partial charge in [-0.25, -0.2) is 4.63 Å². The van der Waals surface area contributed by atoms with Gasteiger partial charge >= 0.3 is 0 Å². The first-order valence-corrected chi connectivity index (χ1v) is 8.35. The van der Waals surface area contributed by atoms with Crippen LogP contribution in [0.2, 0.25) is 0 Å². The first kappa shape index (κ1) is 16.7. The molecule has 2 N–H and O–H groups in total. The molecular weight excluding hydrogens is 310 g/mol. The number of rotatable bonds is 5. The Labute approximate surface area is 140 Å². The number of amides is 1. The van der Waals surface area contributed by atoms with Gasteiger partial charge in [0.25, 0.3) is 0 Å². The van der Waals surface area contributed by atoms with Gasteiger partial charge in [0.1, 0.15) is 28.5 Å². The van der Waals surface area contributed by atoms with Gasteiger partial charge in [-0.2, -0.15) is 0 Å². The molecule has 0 saturated carbocycles. The van der Waals surface area contributed by atoms with Crippen LogP contribution in [0.3, 0.4) is 0 Å². The molecule has 0 radical (unpaired) electrons. The third-order valence-corrected chi connectivity index (χ3v) is 4.45. The molecule has 2 aromatic rings. The van der Waals surface area contributed by atoms with E-state index in [0.29, 0.717) is 28.8 Å². The van der Waals surface area contributed by atoms with E-state index in [4.69, 9.17) is 9.37 Å². The molecule has 7 nitrogen and oxygen atoms in total. The number of fused-ring (bicyclic) bond motifs is 2. The molecular formula is C17H23N3O4. The maximum atomic E-state index is 12.3. The molecule has 7 heteroatoms. The van der Waals surface area contributed by atoms with Gasteiger partial charge in [0.05, 0.1) is 6.04 Å². The van der Waals surface area contributed by atoms with Crippen molar-refractivity contribution in [1.29, 1.82) is 0 Å². The summed E-state index contributed by atoms with van der Waals surface area (Å²) in [6.45, 7) is 5.68. The van der Waals surface area contributed by atoms with Gasteiger partial charge in [0.2, 0.25) is 5.91 Å². The summed E-state index contributed by atoms with van der Waals surface area (Å²) < 4.78 is 10.6. The lowest BCUT2D eigenvalue weighted by Gasteiger charge is -2.42. The van der Waals surface area contributed by atoms with Crippen LogP contribution in [0.4, 0.5) is 0 Å². The quantitative estimate of drug-likeness (QED) is 0.816. The summed E-state index contributed by atoms with van der Waals surface area (Å²) in [4.78, 5) is 12.3. The number of ether oxygens (including phenoxy) is 1. The van der Waals surface area contributed by atoms with Crippen LogP contribution in [0.25, 0.3) is 11.0 Å². The van der Waals surface area contributed by atoms with Gasteiger partial charge in [-0.1, -0.05) is 19.8 Å². The average Bonchev–Trinajstić information content (AvgIpc) is 2.97. The molecule has 2 unspecified atom stereocenters. The van der Waals surface area contributed by atoms with E-state index in [-0.39, 0.29) is 5.91 Å². The van der Waals surface area contributed by atoms with Crippen LogP contribution in [-0.2, 0) is 4.79 Å². The molecule has 0 spiro atoms. The van der Waals surface area contributed by atoms with Crippen molar-refractivity contribution in [1.82, 2.24) is 15.6 Å². The number of carbonyl (C=O) groups excluding carboxylic acids is 1. The van der Waals surface area contributed by atoms with Crippen LogP contribution in [0.15, 0.2) is 16.8 Å². The number of nitrogens with zero attached hydrogens (tertiary/aromatic N) is 2. The van der Waals surface area contributed by atoms with Gasteiger partial charge < -0.3 is 15.2 Å². The molecule has 0 fully saturated rings. The van der Waals surface area contributed by atoms with Crippen LogP contribution in [0, 0.1) is 0 Å². The summed E-state index contributed by atoms with van der Waals surface area (Å²) in [6.07, 6.45) is 2.47. The van der Waals surface area contributed by atoms with E-state index in [0.717, 1.165) is 19.3 Å². The Bertz CT molecular complexity index is 741. The minimum absolute atomic E-state index is 0.0745. The monoisotopic (exact) mass is 333 g/mol. The van der Waals surface area contributed by atoms with Gasteiger partial charge in [-0.15, -0.1) is 0 Å². The molecule has 1 aliphatic rings. The molecule has 130 valence electrons. The summed E-state index contributed by atoms with van der Waals surface area (Å²) in [5.74, 6) is 0.502. The lowest BCUT2D eigenvalue weighted by molar-refractivity contribution is -0.125. The van der Waals surface area contributed by atoms with Crippen LogP contribution < -0.4 is 10.1 Å². The van der Waals surface area contributed by atoms with Crippen LogP contribution in [0.1, 0.15) is 58.1 Å². The van der Waals surface area contributed by atoms with Crippen LogP contribution in [-0.4, -0.2) is 33.0 Å². The summed E-state index contributed by atoms with van der Waals surface area (Å²) in [7, 11) is 0. The molecule has 1 aliphatic heterocycles. The predicted octanol–water partition coefficient (Wildman–Crippen LogP) is 2.49. The lowest BCUT2D eigenvalue weighted by Crippen LogP contribution is -2.53. The maximum absolute atomic E-state index is 12.3. The largest absolute Gasteiger partial charge is 0.485 e. The zero-order valence-electron chi connectivity index (χ0n) is 14.2. The highest BCUT2D eigenvalue weighted by molar-refractivity contribution is 5.79. The van der Waals surface area contributed by atoms with E-state index in [1.54, 1.807) is 26.0 Å². The molecule has 0 aliphatic carbocycles. The van der Waals surface area contributed by atoms with E-state index in [1.165, 1.54) is 0 Å². The van der Waals surface area contributed by atoms with Crippen LogP contribution >= 0.6 is 0 Å². The molecule has 24 heavy (non-hydrogen) atoms. The van der Waals surface area contributed by atoms with Gasteiger partial charge in [0, 0.05) is 18.1 Å². The SMILES string of the molecule is CCCCCC(=O)NC1c2cc3nonc3cc2OC(C)(C)C1O. The number of benzene rings is 1. The van der Waals surface area contributed by atoms with E-state index in [9.17, 15) is 9.90 Å². The molecule has 1 aromatic carbocycles. The highest BCUT2D eigenvalue weighted by Gasteiger charge is 2.43. The second-order valence-electron chi connectivity index (χ2n) is 6.80. The van der Waals surface area contributed by atoms with E-state index >= 15 is 0 Å². The van der Waals surface area contributed by atoms with E-state index in [2.05, 4.69) is 22.6 Å². The minimum Gasteiger partial charge on any atom is -0.485 e. The van der Waals surface area contributed by atoms with Crippen molar-refractivity contribution in [2.45, 2.75) is 64.2 Å². The third-order valence-electron chi connectivity index (χ3n) is 4.45. The molecule has 2 atom stereocenters. The summed E-state index contributed by atoms with van der Waals surface area (Å²) in [6, 6.07) is 2.92. The van der Waals surface area contributed by atoms with Crippen molar-refractivity contribution in [2.24, 2.45) is 0 Å². The molecule has 0 bridgehead atoms. The first-order valence-electron chi connectivity index (χ1n) is 8.35. The Kier molecular flexibility index (Phi) is 4.45. The van der Waals surface area contributed by atoms with Crippen molar-refractivity contribution in [3.05, 3.63) is 17.7 Å². The Morgan fingerprint density at radius 2 is 2.00 bits per heavy atom. The Morgan fingerprint density at radius 1 is 1.29 bits per heavy atom. The number of hydrogen-bond donors (Lipinski definition) is 2. The number of aromatic nitrogens is 2. The average molecular weight is 333 g/mol. The third kappa shape index (κ3) is 3.08. The second kappa shape index (κ2) is 6.39.